The summed E-state index contributed by atoms with van der Waals surface area (Å²) in [5, 5.41) is 13.5. The molecule has 186 valence electrons. The maximum absolute atomic E-state index is 10.9. The second-order valence-electron chi connectivity index (χ2n) is 9.76. The summed E-state index contributed by atoms with van der Waals surface area (Å²) < 4.78 is 12.3. The molecule has 3 nitrogen and oxygen atoms in total. The molecule has 1 unspecified atom stereocenters. The normalized spacial score (nSPS) is 12.5. The van der Waals surface area contributed by atoms with Crippen molar-refractivity contribution in [2.75, 3.05) is 7.11 Å². The van der Waals surface area contributed by atoms with Crippen LogP contribution in [0.3, 0.4) is 0 Å². The minimum Gasteiger partial charge on any atom is -0.497 e. The molecule has 0 aliphatic heterocycles. The molecule has 0 saturated carbocycles. The van der Waals surface area contributed by atoms with Gasteiger partial charge in [0.15, 0.2) is 0 Å². The molecular formula is C32H36O3Si. The topological polar surface area (TPSA) is 38.7 Å². The van der Waals surface area contributed by atoms with Crippen molar-refractivity contribution in [2.24, 2.45) is 5.92 Å². The molecule has 4 heteroatoms. The van der Waals surface area contributed by atoms with E-state index in [1.165, 1.54) is 10.4 Å². The van der Waals surface area contributed by atoms with E-state index in [1.54, 1.807) is 7.11 Å². The third-order valence-corrected chi connectivity index (χ3v) is 11.1. The maximum atomic E-state index is 10.9. The van der Waals surface area contributed by atoms with Crippen molar-refractivity contribution in [3.63, 3.8) is 0 Å². The number of hydrogen-bond donors (Lipinski definition) is 1. The Bertz CT molecular complexity index is 1180. The molecule has 0 aromatic heterocycles. The summed E-state index contributed by atoms with van der Waals surface area (Å²) in [4.78, 5) is 0. The third-order valence-electron chi connectivity index (χ3n) is 6.56. The fraction of sp³-hybridized carbons (Fsp3) is 0.250. The van der Waals surface area contributed by atoms with Crippen molar-refractivity contribution in [1.29, 1.82) is 0 Å². The summed E-state index contributed by atoms with van der Waals surface area (Å²) in [6.07, 6.45) is -0.0632. The number of aliphatic hydroxyl groups excluding tert-OH is 1. The van der Waals surface area contributed by atoms with Crippen LogP contribution < -0.4 is 15.1 Å². The Morgan fingerprint density at radius 2 is 1.33 bits per heavy atom. The van der Waals surface area contributed by atoms with Gasteiger partial charge in [0, 0.05) is 6.42 Å². The minimum absolute atomic E-state index is 0.501. The van der Waals surface area contributed by atoms with E-state index in [-0.39, 0.29) is 0 Å². The molecule has 0 bridgehead atoms. The Kier molecular flexibility index (Phi) is 8.76. The summed E-state index contributed by atoms with van der Waals surface area (Å²) in [6, 6.07) is 38.5. The predicted molar refractivity (Wildman–Crippen MR) is 150 cm³/mol. The number of hydrogen-bond acceptors (Lipinski definition) is 3. The first-order chi connectivity index (χ1) is 17.5. The molecule has 0 saturated heterocycles. The molecule has 4 aromatic rings. The second-order valence-corrected chi connectivity index (χ2v) is 13.3. The average molecular weight is 497 g/mol. The molecule has 0 fully saturated rings. The van der Waals surface area contributed by atoms with Gasteiger partial charge in [0.05, 0.1) is 19.8 Å². The monoisotopic (exact) mass is 496 g/mol. The van der Waals surface area contributed by atoms with Crippen molar-refractivity contribution >= 4 is 18.7 Å². The van der Waals surface area contributed by atoms with Crippen LogP contribution in [0, 0.1) is 5.92 Å². The van der Waals surface area contributed by atoms with Crippen LogP contribution in [0.15, 0.2) is 109 Å². The lowest BCUT2D eigenvalue weighted by atomic mass is 10.00. The molecule has 0 aliphatic carbocycles. The summed E-state index contributed by atoms with van der Waals surface area (Å²) in [5.74, 6) is 1.25. The van der Waals surface area contributed by atoms with Gasteiger partial charge in [-0.1, -0.05) is 111 Å². The van der Waals surface area contributed by atoms with E-state index < -0.39 is 14.4 Å². The highest BCUT2D eigenvalue weighted by Crippen LogP contribution is 2.24. The molecule has 1 N–H and O–H groups in total. The van der Waals surface area contributed by atoms with Gasteiger partial charge in [-0.25, -0.2) is 0 Å². The second kappa shape index (κ2) is 12.2. The molecule has 0 aliphatic rings. The first kappa shape index (κ1) is 25.9. The number of benzene rings is 4. The van der Waals surface area contributed by atoms with Gasteiger partial charge >= 0.3 is 0 Å². The van der Waals surface area contributed by atoms with Gasteiger partial charge in [-0.05, 0) is 51.2 Å². The maximum Gasteiger partial charge on any atom is 0.256 e. The van der Waals surface area contributed by atoms with Crippen LogP contribution >= 0.6 is 0 Å². The zero-order valence-electron chi connectivity index (χ0n) is 21.4. The van der Waals surface area contributed by atoms with Crippen molar-refractivity contribution in [1.82, 2.24) is 0 Å². The SMILES string of the molecule is COc1cccc(C(O)Cc2cccc(CO[Si](CC(C)C)(c3ccccc3)c3ccccc3)c2)c1. The molecule has 0 radical (unpaired) electrons. The predicted octanol–water partition coefficient (Wildman–Crippen LogP) is 5.90. The Hall–Kier alpha value is -3.18. The molecule has 4 aromatic carbocycles. The van der Waals surface area contributed by atoms with Crippen LogP contribution in [0.5, 0.6) is 5.75 Å². The number of aliphatic hydroxyl groups is 1. The first-order valence-corrected chi connectivity index (χ1v) is 14.8. The minimum atomic E-state index is -2.47. The lowest BCUT2D eigenvalue weighted by Crippen LogP contribution is -2.61. The van der Waals surface area contributed by atoms with Gasteiger partial charge in [0.2, 0.25) is 0 Å². The first-order valence-electron chi connectivity index (χ1n) is 12.6. The summed E-state index contributed by atoms with van der Waals surface area (Å²) >= 11 is 0. The molecule has 0 heterocycles. The van der Waals surface area contributed by atoms with Gasteiger partial charge in [0.25, 0.3) is 8.32 Å². The molecule has 36 heavy (non-hydrogen) atoms. The van der Waals surface area contributed by atoms with E-state index >= 15 is 0 Å². The van der Waals surface area contributed by atoms with E-state index in [1.807, 2.05) is 24.3 Å². The van der Waals surface area contributed by atoms with E-state index in [4.69, 9.17) is 9.16 Å². The lowest BCUT2D eigenvalue weighted by Gasteiger charge is -2.34. The number of ether oxygens (including phenoxy) is 1. The Labute approximate surface area is 216 Å². The smallest absolute Gasteiger partial charge is 0.256 e. The van der Waals surface area contributed by atoms with Crippen LogP contribution in [0.4, 0.5) is 0 Å². The van der Waals surface area contributed by atoms with Crippen molar-refractivity contribution in [3.05, 3.63) is 126 Å². The van der Waals surface area contributed by atoms with E-state index in [0.717, 1.165) is 28.5 Å². The summed E-state index contributed by atoms with van der Waals surface area (Å²) in [7, 11) is -0.828. The van der Waals surface area contributed by atoms with Crippen LogP contribution in [-0.4, -0.2) is 20.5 Å². The van der Waals surface area contributed by atoms with E-state index in [2.05, 4.69) is 98.8 Å². The highest BCUT2D eigenvalue weighted by atomic mass is 28.4. The highest BCUT2D eigenvalue weighted by Gasteiger charge is 2.40. The van der Waals surface area contributed by atoms with Crippen LogP contribution in [-0.2, 0) is 17.5 Å². The molecular weight excluding hydrogens is 460 g/mol. The molecule has 1 atom stereocenters. The standard InChI is InChI=1S/C32H36O3Si/c1-25(2)24-36(30-16-6-4-7-17-30,31-18-8-5-9-19-31)35-23-27-13-10-12-26(20-27)21-32(33)28-14-11-15-29(22-28)34-3/h4-20,22,25,32-33H,21,23-24H2,1-3H3. The van der Waals surface area contributed by atoms with Crippen molar-refractivity contribution in [3.8, 4) is 5.75 Å². The largest absolute Gasteiger partial charge is 0.497 e. The fourth-order valence-corrected chi connectivity index (χ4v) is 9.14. The Balaban J connectivity index is 1.58. The molecule has 4 rings (SSSR count). The third kappa shape index (κ3) is 6.32. The van der Waals surface area contributed by atoms with E-state index in [9.17, 15) is 5.11 Å². The van der Waals surface area contributed by atoms with Gasteiger partial charge < -0.3 is 14.3 Å². The number of methoxy groups -OCH3 is 1. The molecule has 0 spiro atoms. The van der Waals surface area contributed by atoms with Crippen LogP contribution in [0.25, 0.3) is 0 Å². The zero-order valence-corrected chi connectivity index (χ0v) is 22.4. The van der Waals surface area contributed by atoms with Crippen molar-refractivity contribution < 1.29 is 14.3 Å². The average Bonchev–Trinajstić information content (AvgIpc) is 2.92. The van der Waals surface area contributed by atoms with Gasteiger partial charge in [-0.2, -0.15) is 0 Å². The van der Waals surface area contributed by atoms with Gasteiger partial charge in [0.1, 0.15) is 5.75 Å². The van der Waals surface area contributed by atoms with Crippen LogP contribution in [0.1, 0.15) is 36.6 Å². The van der Waals surface area contributed by atoms with E-state index in [0.29, 0.717) is 18.9 Å². The Morgan fingerprint density at radius 1 is 0.722 bits per heavy atom. The van der Waals surface area contributed by atoms with Gasteiger partial charge in [-0.3, -0.25) is 0 Å². The number of rotatable bonds is 11. The zero-order chi connectivity index (χ0) is 25.4. The summed E-state index contributed by atoms with van der Waals surface area (Å²) in [5.41, 5.74) is 3.06. The Morgan fingerprint density at radius 3 is 1.94 bits per heavy atom. The quantitative estimate of drug-likeness (QED) is 0.263. The van der Waals surface area contributed by atoms with Crippen LogP contribution in [0.2, 0.25) is 6.04 Å². The summed E-state index contributed by atoms with van der Waals surface area (Å²) in [6.45, 7) is 5.08. The lowest BCUT2D eigenvalue weighted by molar-refractivity contribution is 0.178. The van der Waals surface area contributed by atoms with Crippen molar-refractivity contribution in [2.45, 2.75) is 39.0 Å². The molecule has 0 amide bonds. The fourth-order valence-electron chi connectivity index (χ4n) is 4.86. The van der Waals surface area contributed by atoms with Gasteiger partial charge in [-0.15, -0.1) is 0 Å². The highest BCUT2D eigenvalue weighted by molar-refractivity contribution is 6.97.